The zero-order chi connectivity index (χ0) is 15.3. The summed E-state index contributed by atoms with van der Waals surface area (Å²) < 4.78 is 0. The molecular formula is C20H32O. The van der Waals surface area contributed by atoms with E-state index in [0.29, 0.717) is 11.7 Å². The molecular weight excluding hydrogens is 256 g/mol. The molecule has 1 atom stereocenters. The Kier molecular flexibility index (Phi) is 9.86. The van der Waals surface area contributed by atoms with Gasteiger partial charge in [-0.1, -0.05) is 76.3 Å². The predicted molar refractivity (Wildman–Crippen MR) is 91.5 cm³/mol. The molecule has 1 aliphatic rings. The molecule has 0 aliphatic heterocycles. The highest BCUT2D eigenvalue weighted by Crippen LogP contribution is 2.25. The smallest absolute Gasteiger partial charge is 0.135 e. The average Bonchev–Trinajstić information content (AvgIpc) is 2.52. The van der Waals surface area contributed by atoms with E-state index in [1.54, 1.807) is 0 Å². The normalized spacial score (nSPS) is 18.0. The van der Waals surface area contributed by atoms with Gasteiger partial charge in [0.15, 0.2) is 0 Å². The standard InChI is InChI=1S/C11H20O.C9H12/c1-2-3-4-7-10-8-5-6-9-11(10)12;1-2-6-9-7-4-3-5-8-9/h10H,2-9H2,1H3;3-5,7-8H,2,6H2,1H3. The first-order valence-corrected chi connectivity index (χ1v) is 8.84. The van der Waals surface area contributed by atoms with E-state index >= 15 is 0 Å². The number of hydrogen-bond donors (Lipinski definition) is 0. The van der Waals surface area contributed by atoms with Crippen molar-refractivity contribution in [2.75, 3.05) is 0 Å². The van der Waals surface area contributed by atoms with Crippen LogP contribution in [-0.2, 0) is 11.2 Å². The van der Waals surface area contributed by atoms with Crippen LogP contribution >= 0.6 is 0 Å². The van der Waals surface area contributed by atoms with E-state index in [9.17, 15) is 4.79 Å². The molecule has 1 aromatic carbocycles. The topological polar surface area (TPSA) is 17.1 Å². The maximum absolute atomic E-state index is 11.4. The van der Waals surface area contributed by atoms with Crippen LogP contribution in [0.2, 0.25) is 0 Å². The van der Waals surface area contributed by atoms with Crippen LogP contribution in [0.25, 0.3) is 0 Å². The summed E-state index contributed by atoms with van der Waals surface area (Å²) in [4.78, 5) is 11.4. The molecule has 1 nitrogen and oxygen atoms in total. The first-order chi connectivity index (χ1) is 10.3. The average molecular weight is 288 g/mol. The lowest BCUT2D eigenvalue weighted by Crippen LogP contribution is -2.18. The zero-order valence-electron chi connectivity index (χ0n) is 13.9. The second-order valence-corrected chi connectivity index (χ2v) is 6.14. The van der Waals surface area contributed by atoms with Crippen molar-refractivity contribution >= 4 is 5.78 Å². The lowest BCUT2D eigenvalue weighted by molar-refractivity contribution is -0.124. The van der Waals surface area contributed by atoms with Crippen molar-refractivity contribution < 1.29 is 4.79 Å². The highest BCUT2D eigenvalue weighted by molar-refractivity contribution is 5.81. The van der Waals surface area contributed by atoms with E-state index in [4.69, 9.17) is 0 Å². The fraction of sp³-hybridized carbons (Fsp3) is 0.650. The van der Waals surface area contributed by atoms with Crippen LogP contribution in [0.4, 0.5) is 0 Å². The number of Topliss-reactive ketones (excluding diaryl/α,β-unsaturated/α-hetero) is 1. The highest BCUT2D eigenvalue weighted by Gasteiger charge is 2.20. The fourth-order valence-electron chi connectivity index (χ4n) is 2.93. The zero-order valence-corrected chi connectivity index (χ0v) is 13.9. The summed E-state index contributed by atoms with van der Waals surface area (Å²) >= 11 is 0. The van der Waals surface area contributed by atoms with Gasteiger partial charge < -0.3 is 0 Å². The molecule has 1 unspecified atom stereocenters. The number of unbranched alkanes of at least 4 members (excludes halogenated alkanes) is 2. The quantitative estimate of drug-likeness (QED) is 0.590. The van der Waals surface area contributed by atoms with Crippen LogP contribution in [0.15, 0.2) is 30.3 Å². The van der Waals surface area contributed by atoms with Crippen molar-refractivity contribution in [3.05, 3.63) is 35.9 Å². The Morgan fingerprint density at radius 2 is 1.76 bits per heavy atom. The lowest BCUT2D eigenvalue weighted by atomic mass is 9.84. The van der Waals surface area contributed by atoms with Crippen LogP contribution in [0.3, 0.4) is 0 Å². The molecule has 1 heteroatoms. The molecule has 0 bridgehead atoms. The largest absolute Gasteiger partial charge is 0.299 e. The molecule has 0 heterocycles. The van der Waals surface area contributed by atoms with Crippen LogP contribution in [0, 0.1) is 5.92 Å². The molecule has 0 spiro atoms. The van der Waals surface area contributed by atoms with Crippen molar-refractivity contribution in [3.63, 3.8) is 0 Å². The van der Waals surface area contributed by atoms with Crippen molar-refractivity contribution in [1.29, 1.82) is 0 Å². The Morgan fingerprint density at radius 3 is 2.38 bits per heavy atom. The number of carbonyl (C=O) groups excluding carboxylic acids is 1. The lowest BCUT2D eigenvalue weighted by Gasteiger charge is -2.19. The van der Waals surface area contributed by atoms with E-state index in [2.05, 4.69) is 44.2 Å². The molecule has 1 aromatic rings. The van der Waals surface area contributed by atoms with Crippen molar-refractivity contribution in [2.24, 2.45) is 5.92 Å². The van der Waals surface area contributed by atoms with Crippen LogP contribution in [-0.4, -0.2) is 5.78 Å². The second-order valence-electron chi connectivity index (χ2n) is 6.14. The molecule has 118 valence electrons. The fourth-order valence-corrected chi connectivity index (χ4v) is 2.93. The Hall–Kier alpha value is -1.11. The van der Waals surface area contributed by atoms with E-state index in [-0.39, 0.29) is 0 Å². The molecule has 0 saturated heterocycles. The van der Waals surface area contributed by atoms with Crippen molar-refractivity contribution in [3.8, 4) is 0 Å². The minimum atomic E-state index is 0.435. The Balaban J connectivity index is 0.000000219. The van der Waals surface area contributed by atoms with Gasteiger partial charge in [0.25, 0.3) is 0 Å². The van der Waals surface area contributed by atoms with E-state index < -0.39 is 0 Å². The monoisotopic (exact) mass is 288 g/mol. The van der Waals surface area contributed by atoms with Gasteiger partial charge in [-0.15, -0.1) is 0 Å². The van der Waals surface area contributed by atoms with Gasteiger partial charge in [-0.25, -0.2) is 0 Å². The molecule has 21 heavy (non-hydrogen) atoms. The van der Waals surface area contributed by atoms with E-state index in [1.807, 2.05) is 0 Å². The number of benzene rings is 1. The minimum Gasteiger partial charge on any atom is -0.299 e. The molecule has 1 aliphatic carbocycles. The van der Waals surface area contributed by atoms with Gasteiger partial charge in [-0.05, 0) is 31.2 Å². The molecule has 0 aromatic heterocycles. The van der Waals surface area contributed by atoms with Crippen LogP contribution in [0.5, 0.6) is 0 Å². The van der Waals surface area contributed by atoms with E-state index in [0.717, 1.165) is 19.3 Å². The summed E-state index contributed by atoms with van der Waals surface area (Å²) in [7, 11) is 0. The summed E-state index contributed by atoms with van der Waals surface area (Å²) in [6, 6.07) is 10.6. The van der Waals surface area contributed by atoms with Gasteiger partial charge in [0.2, 0.25) is 0 Å². The summed E-state index contributed by atoms with van der Waals surface area (Å²) in [6.07, 6.45) is 11.9. The first-order valence-electron chi connectivity index (χ1n) is 8.84. The predicted octanol–water partition coefficient (Wildman–Crippen LogP) is 5.97. The van der Waals surface area contributed by atoms with Gasteiger partial charge in [-0.2, -0.15) is 0 Å². The number of aryl methyl sites for hydroxylation is 1. The highest BCUT2D eigenvalue weighted by atomic mass is 16.1. The third-order valence-electron chi connectivity index (χ3n) is 4.22. The van der Waals surface area contributed by atoms with Crippen molar-refractivity contribution in [2.45, 2.75) is 78.1 Å². The van der Waals surface area contributed by atoms with Crippen molar-refractivity contribution in [1.82, 2.24) is 0 Å². The third kappa shape index (κ3) is 8.04. The number of hydrogen-bond acceptors (Lipinski definition) is 1. The van der Waals surface area contributed by atoms with Gasteiger partial charge in [0.1, 0.15) is 5.78 Å². The Bertz CT molecular complexity index is 369. The van der Waals surface area contributed by atoms with Gasteiger partial charge in [0.05, 0.1) is 0 Å². The van der Waals surface area contributed by atoms with Gasteiger partial charge in [0, 0.05) is 12.3 Å². The summed E-state index contributed by atoms with van der Waals surface area (Å²) in [5.41, 5.74) is 1.44. The SMILES string of the molecule is CCCCCC1CCCCC1=O.CCCc1ccccc1. The van der Waals surface area contributed by atoms with Crippen LogP contribution < -0.4 is 0 Å². The third-order valence-corrected chi connectivity index (χ3v) is 4.22. The number of carbonyl (C=O) groups is 1. The summed E-state index contributed by atoms with van der Waals surface area (Å²) in [5.74, 6) is 0.975. The summed E-state index contributed by atoms with van der Waals surface area (Å²) in [5, 5.41) is 0. The maximum Gasteiger partial charge on any atom is 0.135 e. The van der Waals surface area contributed by atoms with Crippen LogP contribution in [0.1, 0.15) is 77.2 Å². The minimum absolute atomic E-state index is 0.435. The maximum atomic E-state index is 11.4. The Labute approximate surface area is 131 Å². The molecule has 1 fully saturated rings. The second kappa shape index (κ2) is 11.5. The number of rotatable bonds is 6. The molecule has 0 amide bonds. The summed E-state index contributed by atoms with van der Waals surface area (Å²) in [6.45, 7) is 4.41. The number of ketones is 1. The van der Waals surface area contributed by atoms with E-state index in [1.165, 1.54) is 50.5 Å². The molecule has 2 rings (SSSR count). The Morgan fingerprint density at radius 1 is 1.00 bits per heavy atom. The molecule has 1 saturated carbocycles. The molecule has 0 N–H and O–H groups in total. The first kappa shape index (κ1) is 17.9. The molecule has 0 radical (unpaired) electrons. The van der Waals surface area contributed by atoms with Gasteiger partial charge in [-0.3, -0.25) is 4.79 Å². The van der Waals surface area contributed by atoms with Gasteiger partial charge >= 0.3 is 0 Å².